The summed E-state index contributed by atoms with van der Waals surface area (Å²) in [5, 5.41) is 0.616. The maximum absolute atomic E-state index is 13.4. The zero-order chi connectivity index (χ0) is 13.1. The van der Waals surface area contributed by atoms with Crippen LogP contribution in [0, 0.1) is 11.7 Å². The van der Waals surface area contributed by atoms with Gasteiger partial charge in [0.15, 0.2) is 22.9 Å². The second-order valence-electron chi connectivity index (χ2n) is 4.57. The van der Waals surface area contributed by atoms with Crippen molar-refractivity contribution in [3.05, 3.63) is 35.8 Å². The van der Waals surface area contributed by atoms with Gasteiger partial charge in [-0.05, 0) is 31.0 Å². The number of para-hydroxylation sites is 1. The average molecular weight is 249 g/mol. The highest BCUT2D eigenvalue weighted by Gasteiger charge is 2.15. The highest BCUT2D eigenvalue weighted by molar-refractivity contribution is 5.97. The molecule has 0 bridgehead atoms. The van der Waals surface area contributed by atoms with Gasteiger partial charge in [0.1, 0.15) is 0 Å². The topological polar surface area (TPSA) is 56.2 Å². The summed E-state index contributed by atoms with van der Waals surface area (Å²) in [6, 6.07) is 6.23. The van der Waals surface area contributed by atoms with Gasteiger partial charge in [0.25, 0.3) is 0 Å². The molecule has 1 heterocycles. The lowest BCUT2D eigenvalue weighted by Gasteiger charge is -2.05. The lowest BCUT2D eigenvalue weighted by molar-refractivity contribution is 0.0950. The van der Waals surface area contributed by atoms with Crippen LogP contribution in [0.2, 0.25) is 0 Å². The molecule has 2 rings (SSSR count). The Labute approximate surface area is 105 Å². The van der Waals surface area contributed by atoms with E-state index in [-0.39, 0.29) is 17.1 Å². The summed E-state index contributed by atoms with van der Waals surface area (Å²) in [4.78, 5) is 11.9. The van der Waals surface area contributed by atoms with E-state index >= 15 is 0 Å². The van der Waals surface area contributed by atoms with E-state index in [0.29, 0.717) is 24.3 Å². The molecular formula is C14H16FNO2. The molecule has 3 nitrogen and oxygen atoms in total. The summed E-state index contributed by atoms with van der Waals surface area (Å²) >= 11 is 0. The molecule has 0 fully saturated rings. The van der Waals surface area contributed by atoms with Crippen molar-refractivity contribution >= 4 is 16.8 Å². The number of hydrogen-bond donors (Lipinski definition) is 1. The maximum Gasteiger partial charge on any atom is 0.198 e. The standard InChI is InChI=1S/C14H16FNO2/c1-9(8-16)5-6-12(17)13-7-10-3-2-4-11(15)14(10)18-13/h2-4,7,9H,5-6,8,16H2,1H3. The molecule has 2 N–H and O–H groups in total. The molecule has 1 aromatic heterocycles. The molecule has 0 aliphatic heterocycles. The summed E-state index contributed by atoms with van der Waals surface area (Å²) in [6.07, 6.45) is 1.09. The van der Waals surface area contributed by atoms with Gasteiger partial charge in [-0.25, -0.2) is 4.39 Å². The molecule has 0 aliphatic carbocycles. The van der Waals surface area contributed by atoms with Gasteiger partial charge in [-0.1, -0.05) is 19.1 Å². The second kappa shape index (κ2) is 5.31. The summed E-state index contributed by atoms with van der Waals surface area (Å²) in [5.74, 6) is -0.0258. The maximum atomic E-state index is 13.4. The predicted octanol–water partition coefficient (Wildman–Crippen LogP) is 3.13. The van der Waals surface area contributed by atoms with Crippen molar-refractivity contribution in [3.63, 3.8) is 0 Å². The highest BCUT2D eigenvalue weighted by Crippen LogP contribution is 2.23. The molecule has 2 aromatic rings. The van der Waals surface area contributed by atoms with Crippen LogP contribution in [0.15, 0.2) is 28.7 Å². The Morgan fingerprint density at radius 3 is 2.94 bits per heavy atom. The molecule has 0 saturated carbocycles. The van der Waals surface area contributed by atoms with Gasteiger partial charge in [0.05, 0.1) is 0 Å². The van der Waals surface area contributed by atoms with Crippen molar-refractivity contribution in [2.75, 3.05) is 6.54 Å². The fourth-order valence-corrected chi connectivity index (χ4v) is 1.78. The van der Waals surface area contributed by atoms with E-state index < -0.39 is 5.82 Å². The van der Waals surface area contributed by atoms with E-state index in [9.17, 15) is 9.18 Å². The van der Waals surface area contributed by atoms with E-state index in [2.05, 4.69) is 0 Å². The number of carbonyl (C=O) groups is 1. The van der Waals surface area contributed by atoms with Crippen molar-refractivity contribution in [1.29, 1.82) is 0 Å². The summed E-state index contributed by atoms with van der Waals surface area (Å²) in [5.41, 5.74) is 5.64. The van der Waals surface area contributed by atoms with Crippen LogP contribution in [0.3, 0.4) is 0 Å². The smallest absolute Gasteiger partial charge is 0.198 e. The van der Waals surface area contributed by atoms with E-state index in [1.165, 1.54) is 6.07 Å². The molecule has 18 heavy (non-hydrogen) atoms. The van der Waals surface area contributed by atoms with Crippen LogP contribution >= 0.6 is 0 Å². The molecule has 0 saturated heterocycles. The van der Waals surface area contributed by atoms with Crippen LogP contribution in [-0.2, 0) is 0 Å². The van der Waals surface area contributed by atoms with Crippen LogP contribution in [-0.4, -0.2) is 12.3 Å². The average Bonchev–Trinajstić information content (AvgIpc) is 2.81. The number of hydrogen-bond acceptors (Lipinski definition) is 3. The van der Waals surface area contributed by atoms with E-state index in [0.717, 1.165) is 6.42 Å². The third kappa shape index (κ3) is 2.59. The number of Topliss-reactive ketones (excluding diaryl/α,β-unsaturated/α-hetero) is 1. The number of halogens is 1. The Hall–Kier alpha value is -1.68. The minimum atomic E-state index is -0.443. The number of benzene rings is 1. The zero-order valence-electron chi connectivity index (χ0n) is 10.3. The molecule has 0 spiro atoms. The number of fused-ring (bicyclic) bond motifs is 1. The van der Waals surface area contributed by atoms with Crippen LogP contribution in [0.4, 0.5) is 4.39 Å². The van der Waals surface area contributed by atoms with Gasteiger partial charge >= 0.3 is 0 Å². The van der Waals surface area contributed by atoms with Gasteiger partial charge in [0, 0.05) is 11.8 Å². The first-order valence-electron chi connectivity index (χ1n) is 6.03. The molecule has 0 amide bonds. The number of carbonyl (C=O) groups excluding carboxylic acids is 1. The molecule has 1 unspecified atom stereocenters. The Morgan fingerprint density at radius 2 is 2.28 bits per heavy atom. The molecule has 0 aliphatic rings. The fourth-order valence-electron chi connectivity index (χ4n) is 1.78. The van der Waals surface area contributed by atoms with Crippen LogP contribution in [0.25, 0.3) is 11.0 Å². The van der Waals surface area contributed by atoms with Gasteiger partial charge < -0.3 is 10.2 Å². The van der Waals surface area contributed by atoms with E-state index in [4.69, 9.17) is 10.2 Å². The minimum absolute atomic E-state index is 0.106. The molecule has 4 heteroatoms. The third-order valence-corrected chi connectivity index (χ3v) is 3.04. The number of rotatable bonds is 5. The largest absolute Gasteiger partial charge is 0.450 e. The summed E-state index contributed by atoms with van der Waals surface area (Å²) < 4.78 is 18.7. The SMILES string of the molecule is CC(CN)CCC(=O)c1cc2cccc(F)c2o1. The normalized spacial score (nSPS) is 12.8. The highest BCUT2D eigenvalue weighted by atomic mass is 19.1. The van der Waals surface area contributed by atoms with Crippen LogP contribution in [0.1, 0.15) is 30.3 Å². The summed E-state index contributed by atoms with van der Waals surface area (Å²) in [6.45, 7) is 2.55. The molecule has 1 atom stereocenters. The third-order valence-electron chi connectivity index (χ3n) is 3.04. The molecule has 0 radical (unpaired) electrons. The Bertz CT molecular complexity index is 562. The van der Waals surface area contributed by atoms with Crippen molar-refractivity contribution in [1.82, 2.24) is 0 Å². The number of ketones is 1. The molecule has 96 valence electrons. The van der Waals surface area contributed by atoms with Crippen molar-refractivity contribution in [2.24, 2.45) is 11.7 Å². The molecule has 1 aromatic carbocycles. The monoisotopic (exact) mass is 249 g/mol. The Morgan fingerprint density at radius 1 is 1.50 bits per heavy atom. The van der Waals surface area contributed by atoms with Crippen LogP contribution in [0.5, 0.6) is 0 Å². The van der Waals surface area contributed by atoms with Crippen molar-refractivity contribution in [3.8, 4) is 0 Å². The lowest BCUT2D eigenvalue weighted by Crippen LogP contribution is -2.12. The second-order valence-corrected chi connectivity index (χ2v) is 4.57. The minimum Gasteiger partial charge on any atom is -0.450 e. The van der Waals surface area contributed by atoms with Gasteiger partial charge in [0.2, 0.25) is 0 Å². The quantitative estimate of drug-likeness (QED) is 0.828. The van der Waals surface area contributed by atoms with Crippen LogP contribution < -0.4 is 5.73 Å². The van der Waals surface area contributed by atoms with E-state index in [1.807, 2.05) is 6.92 Å². The van der Waals surface area contributed by atoms with Crippen molar-refractivity contribution in [2.45, 2.75) is 19.8 Å². The lowest BCUT2D eigenvalue weighted by atomic mass is 10.0. The van der Waals surface area contributed by atoms with Gasteiger partial charge in [-0.3, -0.25) is 4.79 Å². The van der Waals surface area contributed by atoms with E-state index in [1.54, 1.807) is 18.2 Å². The zero-order valence-corrected chi connectivity index (χ0v) is 10.3. The van der Waals surface area contributed by atoms with Crippen molar-refractivity contribution < 1.29 is 13.6 Å². The first-order chi connectivity index (χ1) is 8.61. The summed E-state index contributed by atoms with van der Waals surface area (Å²) in [7, 11) is 0. The molecular weight excluding hydrogens is 233 g/mol. The van der Waals surface area contributed by atoms with Gasteiger partial charge in [-0.2, -0.15) is 0 Å². The Kier molecular flexibility index (Phi) is 3.77. The fraction of sp³-hybridized carbons (Fsp3) is 0.357. The predicted molar refractivity (Wildman–Crippen MR) is 68.0 cm³/mol. The number of furan rings is 1. The Balaban J connectivity index is 2.16. The number of nitrogens with two attached hydrogens (primary N) is 1. The first-order valence-corrected chi connectivity index (χ1v) is 6.03. The van der Waals surface area contributed by atoms with Gasteiger partial charge in [-0.15, -0.1) is 0 Å². The first kappa shape index (κ1) is 12.8.